The number of rotatable bonds is 1. The van der Waals surface area contributed by atoms with Gasteiger partial charge in [-0.15, -0.1) is 0 Å². The van der Waals surface area contributed by atoms with Gasteiger partial charge in [0.15, 0.2) is 0 Å². The molecule has 3 heteroatoms. The third-order valence-corrected chi connectivity index (χ3v) is 10.3. The quantitative estimate of drug-likeness (QED) is 0.211. The maximum Gasteiger partial charge on any atom is 0.0627 e. The molecule has 0 radical (unpaired) electrons. The van der Waals surface area contributed by atoms with Crippen LogP contribution in [0.4, 0.5) is 5.69 Å². The summed E-state index contributed by atoms with van der Waals surface area (Å²) in [5.41, 5.74) is 10.4. The van der Waals surface area contributed by atoms with E-state index in [0.29, 0.717) is 0 Å². The Morgan fingerprint density at radius 3 is 2.07 bits per heavy atom. The van der Waals surface area contributed by atoms with E-state index in [4.69, 9.17) is 0 Å². The molecule has 3 aromatic heterocycles. The maximum absolute atomic E-state index is 3.69. The molecular weight excluding hydrogens is 534 g/mol. The monoisotopic (exact) mass is 561 g/mol. The minimum atomic E-state index is 1.04. The second-order valence-corrected chi connectivity index (χ2v) is 12.4. The highest BCUT2D eigenvalue weighted by Crippen LogP contribution is 2.48. The van der Waals surface area contributed by atoms with Crippen LogP contribution >= 0.6 is 0 Å². The summed E-state index contributed by atoms with van der Waals surface area (Å²) >= 11 is 0. The van der Waals surface area contributed by atoms with Crippen molar-refractivity contribution in [2.45, 2.75) is 12.8 Å². The van der Waals surface area contributed by atoms with E-state index in [-0.39, 0.29) is 0 Å². The summed E-state index contributed by atoms with van der Waals surface area (Å²) in [7, 11) is 0. The molecule has 0 bridgehead atoms. The molecule has 0 amide bonds. The van der Waals surface area contributed by atoms with Gasteiger partial charge in [-0.1, -0.05) is 97.1 Å². The van der Waals surface area contributed by atoms with E-state index in [2.05, 4.69) is 136 Å². The number of benzene rings is 7. The Morgan fingerprint density at radius 1 is 0.500 bits per heavy atom. The minimum Gasteiger partial charge on any atom is -0.384 e. The molecule has 7 aromatic carbocycles. The molecule has 4 heterocycles. The Morgan fingerprint density at radius 2 is 1.18 bits per heavy atom. The van der Waals surface area contributed by atoms with Crippen molar-refractivity contribution >= 4 is 87.1 Å². The Labute approximate surface area is 252 Å². The SMILES string of the molecule is c1ccc2c(c1)c1c3c4cccc5c6ccccc6n(c54)c3c3ccccc3c1n2-c1ccc2c3c(ccc2c1)CCCN3. The maximum atomic E-state index is 3.69. The van der Waals surface area contributed by atoms with E-state index < -0.39 is 0 Å². The second kappa shape index (κ2) is 8.09. The van der Waals surface area contributed by atoms with Crippen molar-refractivity contribution in [2.75, 3.05) is 11.9 Å². The fourth-order valence-electron chi connectivity index (χ4n) is 8.52. The van der Waals surface area contributed by atoms with E-state index in [1.165, 1.54) is 105 Å². The molecule has 10 aromatic rings. The Bertz CT molecular complexity index is 2830. The largest absolute Gasteiger partial charge is 0.384 e. The summed E-state index contributed by atoms with van der Waals surface area (Å²) in [5.74, 6) is 0. The van der Waals surface area contributed by atoms with E-state index in [1.54, 1.807) is 0 Å². The zero-order valence-corrected chi connectivity index (χ0v) is 24.1. The first-order valence-electron chi connectivity index (χ1n) is 15.7. The number of fused-ring (bicyclic) bond motifs is 16. The van der Waals surface area contributed by atoms with Crippen molar-refractivity contribution in [3.63, 3.8) is 0 Å². The molecule has 3 nitrogen and oxygen atoms in total. The van der Waals surface area contributed by atoms with Crippen LogP contribution in [0.25, 0.3) is 87.1 Å². The average Bonchev–Trinajstić information content (AvgIpc) is 3.73. The number of nitrogens with zero attached hydrogens (tertiary/aromatic N) is 2. The number of hydrogen-bond donors (Lipinski definition) is 1. The van der Waals surface area contributed by atoms with Crippen LogP contribution in [0.2, 0.25) is 0 Å². The lowest BCUT2D eigenvalue weighted by Crippen LogP contribution is -2.11. The molecular formula is C41H27N3. The third kappa shape index (κ3) is 2.69. The van der Waals surface area contributed by atoms with E-state index in [1.807, 2.05) is 0 Å². The summed E-state index contributed by atoms with van der Waals surface area (Å²) in [4.78, 5) is 0. The van der Waals surface area contributed by atoms with Crippen LogP contribution in [0.15, 0.2) is 121 Å². The molecule has 11 rings (SSSR count). The van der Waals surface area contributed by atoms with Gasteiger partial charge in [-0.3, -0.25) is 0 Å². The standard InChI is InChI=1S/C41H27N3/c1-2-12-31-30(11-1)40-36(37-33-15-7-14-29-28-10-3-5-16-34(28)44(39(29)33)41(31)37)32-13-4-6-17-35(32)43(40)26-20-21-27-25(23-26)19-18-24-9-8-22-42-38(24)27/h1-7,10-21,23,42H,8-9,22H2. The summed E-state index contributed by atoms with van der Waals surface area (Å²) in [6.07, 6.45) is 2.34. The highest BCUT2D eigenvalue weighted by Gasteiger charge is 2.25. The molecule has 0 saturated heterocycles. The van der Waals surface area contributed by atoms with Gasteiger partial charge in [0, 0.05) is 66.4 Å². The van der Waals surface area contributed by atoms with E-state index in [9.17, 15) is 0 Å². The Kier molecular flexibility index (Phi) is 4.23. The second-order valence-electron chi connectivity index (χ2n) is 12.4. The van der Waals surface area contributed by atoms with Crippen LogP contribution < -0.4 is 5.32 Å². The molecule has 1 N–H and O–H groups in total. The average molecular weight is 562 g/mol. The lowest BCUT2D eigenvalue weighted by atomic mass is 9.97. The zero-order valence-electron chi connectivity index (χ0n) is 24.1. The number of hydrogen-bond acceptors (Lipinski definition) is 1. The van der Waals surface area contributed by atoms with Crippen LogP contribution in [-0.4, -0.2) is 15.5 Å². The van der Waals surface area contributed by atoms with Crippen LogP contribution in [0.3, 0.4) is 0 Å². The first-order valence-corrected chi connectivity index (χ1v) is 15.7. The van der Waals surface area contributed by atoms with Crippen molar-refractivity contribution in [1.82, 2.24) is 8.97 Å². The molecule has 0 unspecified atom stereocenters. The minimum absolute atomic E-state index is 1.04. The van der Waals surface area contributed by atoms with Gasteiger partial charge in [-0.25, -0.2) is 0 Å². The molecule has 1 aliphatic heterocycles. The third-order valence-electron chi connectivity index (χ3n) is 10.3. The molecule has 0 fully saturated rings. The van der Waals surface area contributed by atoms with Crippen LogP contribution in [0.1, 0.15) is 12.0 Å². The molecule has 0 atom stereocenters. The zero-order chi connectivity index (χ0) is 28.5. The fraction of sp³-hybridized carbons (Fsp3) is 0.0732. The highest BCUT2D eigenvalue weighted by atomic mass is 15.0. The Hall–Kier alpha value is -5.54. The van der Waals surface area contributed by atoms with Gasteiger partial charge in [0.1, 0.15) is 0 Å². The molecule has 0 aliphatic carbocycles. The molecule has 0 spiro atoms. The number of nitrogens with one attached hydrogen (secondary N) is 1. The number of anilines is 1. The van der Waals surface area contributed by atoms with Gasteiger partial charge in [0.25, 0.3) is 0 Å². The van der Waals surface area contributed by atoms with E-state index in [0.717, 1.165) is 13.0 Å². The smallest absolute Gasteiger partial charge is 0.0627 e. The number of aryl methyl sites for hydroxylation is 1. The fourth-order valence-corrected chi connectivity index (χ4v) is 8.52. The summed E-state index contributed by atoms with van der Waals surface area (Å²) in [5, 5.41) is 16.8. The first-order chi connectivity index (χ1) is 21.9. The normalized spacial score (nSPS) is 13.8. The summed E-state index contributed by atoms with van der Waals surface area (Å²) in [6.45, 7) is 1.04. The van der Waals surface area contributed by atoms with Crippen molar-refractivity contribution in [3.05, 3.63) is 127 Å². The van der Waals surface area contributed by atoms with Gasteiger partial charge >= 0.3 is 0 Å². The highest BCUT2D eigenvalue weighted by molar-refractivity contribution is 6.39. The van der Waals surface area contributed by atoms with Crippen LogP contribution in [0.5, 0.6) is 0 Å². The van der Waals surface area contributed by atoms with E-state index >= 15 is 0 Å². The number of para-hydroxylation sites is 3. The van der Waals surface area contributed by atoms with Crippen molar-refractivity contribution in [2.24, 2.45) is 0 Å². The van der Waals surface area contributed by atoms with Gasteiger partial charge < -0.3 is 14.3 Å². The first kappa shape index (κ1) is 23.0. The van der Waals surface area contributed by atoms with Crippen LogP contribution in [-0.2, 0) is 6.42 Å². The topological polar surface area (TPSA) is 21.4 Å². The van der Waals surface area contributed by atoms with Gasteiger partial charge in [0.05, 0.1) is 27.6 Å². The lowest BCUT2D eigenvalue weighted by molar-refractivity contribution is 0.833. The summed E-state index contributed by atoms with van der Waals surface area (Å²) < 4.78 is 5.06. The predicted molar refractivity (Wildman–Crippen MR) is 187 cm³/mol. The molecule has 0 saturated carbocycles. The van der Waals surface area contributed by atoms with Crippen LogP contribution in [0, 0.1) is 0 Å². The van der Waals surface area contributed by atoms with Crippen molar-refractivity contribution in [1.29, 1.82) is 0 Å². The number of aromatic nitrogens is 2. The predicted octanol–water partition coefficient (Wildman–Crippen LogP) is 10.6. The van der Waals surface area contributed by atoms with Gasteiger partial charge in [-0.05, 0) is 48.1 Å². The molecule has 206 valence electrons. The van der Waals surface area contributed by atoms with Gasteiger partial charge in [0.2, 0.25) is 0 Å². The summed E-state index contributed by atoms with van der Waals surface area (Å²) in [6, 6.07) is 45.4. The van der Waals surface area contributed by atoms with Crippen molar-refractivity contribution < 1.29 is 0 Å². The lowest BCUT2D eigenvalue weighted by Gasteiger charge is -2.20. The Balaban J connectivity index is 1.37. The molecule has 1 aliphatic rings. The van der Waals surface area contributed by atoms with Gasteiger partial charge in [-0.2, -0.15) is 0 Å². The van der Waals surface area contributed by atoms with Crippen molar-refractivity contribution in [3.8, 4) is 5.69 Å². The molecule has 44 heavy (non-hydrogen) atoms.